The lowest BCUT2D eigenvalue weighted by atomic mass is 10.2. The van der Waals surface area contributed by atoms with Crippen molar-refractivity contribution in [2.45, 2.75) is 19.8 Å². The second-order valence-corrected chi connectivity index (χ2v) is 3.99. The molecule has 0 aliphatic heterocycles. The topological polar surface area (TPSA) is 39.9 Å². The summed E-state index contributed by atoms with van der Waals surface area (Å²) in [6.45, 7) is 2.93. The van der Waals surface area contributed by atoms with Crippen LogP contribution in [0.4, 0.5) is 0 Å². The van der Waals surface area contributed by atoms with E-state index in [1.165, 1.54) is 0 Å². The van der Waals surface area contributed by atoms with Gasteiger partial charge in [0.15, 0.2) is 5.82 Å². The SMILES string of the molecule is CCCCOc1ccc(-c2nncn2C)cc1. The van der Waals surface area contributed by atoms with E-state index in [2.05, 4.69) is 17.1 Å². The van der Waals surface area contributed by atoms with E-state index < -0.39 is 0 Å². The van der Waals surface area contributed by atoms with Crippen molar-refractivity contribution in [1.29, 1.82) is 0 Å². The fourth-order valence-corrected chi connectivity index (χ4v) is 1.58. The molecule has 0 aliphatic carbocycles. The molecular weight excluding hydrogens is 214 g/mol. The molecule has 1 aromatic heterocycles. The predicted octanol–water partition coefficient (Wildman–Crippen LogP) is 2.66. The lowest BCUT2D eigenvalue weighted by molar-refractivity contribution is 0.309. The number of hydrogen-bond acceptors (Lipinski definition) is 3. The highest BCUT2D eigenvalue weighted by atomic mass is 16.5. The number of unbranched alkanes of at least 4 members (excludes halogenated alkanes) is 1. The maximum Gasteiger partial charge on any atom is 0.163 e. The molecule has 0 aliphatic rings. The summed E-state index contributed by atoms with van der Waals surface area (Å²) in [6.07, 6.45) is 3.93. The molecule has 0 N–H and O–H groups in total. The molecule has 0 saturated carbocycles. The van der Waals surface area contributed by atoms with Crippen LogP contribution in [0.5, 0.6) is 5.75 Å². The molecule has 1 aromatic carbocycles. The zero-order chi connectivity index (χ0) is 12.1. The molecule has 4 nitrogen and oxygen atoms in total. The number of rotatable bonds is 5. The average Bonchev–Trinajstić information content (AvgIpc) is 2.77. The van der Waals surface area contributed by atoms with E-state index in [4.69, 9.17) is 4.74 Å². The average molecular weight is 231 g/mol. The van der Waals surface area contributed by atoms with Gasteiger partial charge in [0.25, 0.3) is 0 Å². The molecule has 0 spiro atoms. The molecule has 2 rings (SSSR count). The van der Waals surface area contributed by atoms with Crippen molar-refractivity contribution < 1.29 is 4.74 Å². The van der Waals surface area contributed by atoms with Crippen molar-refractivity contribution in [2.24, 2.45) is 7.05 Å². The minimum atomic E-state index is 0.778. The molecule has 0 fully saturated rings. The molecule has 0 unspecified atom stereocenters. The fourth-order valence-electron chi connectivity index (χ4n) is 1.58. The highest BCUT2D eigenvalue weighted by Gasteiger charge is 2.04. The number of nitrogens with zero attached hydrogens (tertiary/aromatic N) is 3. The summed E-state index contributed by atoms with van der Waals surface area (Å²) < 4.78 is 7.50. The summed E-state index contributed by atoms with van der Waals surface area (Å²) in [7, 11) is 1.93. The van der Waals surface area contributed by atoms with Gasteiger partial charge in [-0.1, -0.05) is 13.3 Å². The first-order valence-electron chi connectivity index (χ1n) is 5.88. The van der Waals surface area contributed by atoms with Crippen LogP contribution in [0.25, 0.3) is 11.4 Å². The molecule has 4 heteroatoms. The summed E-state index contributed by atoms with van der Waals surface area (Å²) >= 11 is 0. The molecule has 0 bridgehead atoms. The van der Waals surface area contributed by atoms with Crippen molar-refractivity contribution >= 4 is 0 Å². The van der Waals surface area contributed by atoms with Crippen LogP contribution in [0.15, 0.2) is 30.6 Å². The van der Waals surface area contributed by atoms with Crippen LogP contribution in [0.3, 0.4) is 0 Å². The highest BCUT2D eigenvalue weighted by Crippen LogP contribution is 2.19. The fraction of sp³-hybridized carbons (Fsp3) is 0.385. The first-order chi connectivity index (χ1) is 8.31. The normalized spacial score (nSPS) is 10.5. The van der Waals surface area contributed by atoms with Crippen LogP contribution in [-0.2, 0) is 7.05 Å². The first kappa shape index (κ1) is 11.6. The third kappa shape index (κ3) is 2.84. The van der Waals surface area contributed by atoms with Gasteiger partial charge < -0.3 is 9.30 Å². The van der Waals surface area contributed by atoms with E-state index in [0.717, 1.165) is 36.6 Å². The summed E-state index contributed by atoms with van der Waals surface area (Å²) in [6, 6.07) is 7.95. The Morgan fingerprint density at radius 3 is 2.59 bits per heavy atom. The number of hydrogen-bond donors (Lipinski definition) is 0. The Hall–Kier alpha value is -1.84. The van der Waals surface area contributed by atoms with Gasteiger partial charge in [0.05, 0.1) is 6.61 Å². The van der Waals surface area contributed by atoms with Gasteiger partial charge in [0.2, 0.25) is 0 Å². The van der Waals surface area contributed by atoms with Gasteiger partial charge >= 0.3 is 0 Å². The van der Waals surface area contributed by atoms with Crippen molar-refractivity contribution in [3.8, 4) is 17.1 Å². The Labute approximate surface area is 101 Å². The molecule has 17 heavy (non-hydrogen) atoms. The first-order valence-corrected chi connectivity index (χ1v) is 5.88. The Balaban J connectivity index is 2.06. The third-order valence-electron chi connectivity index (χ3n) is 2.59. The van der Waals surface area contributed by atoms with Crippen LogP contribution >= 0.6 is 0 Å². The summed E-state index contributed by atoms with van der Waals surface area (Å²) in [4.78, 5) is 0. The zero-order valence-corrected chi connectivity index (χ0v) is 10.3. The smallest absolute Gasteiger partial charge is 0.163 e. The largest absolute Gasteiger partial charge is 0.494 e. The van der Waals surface area contributed by atoms with Gasteiger partial charge in [0, 0.05) is 12.6 Å². The van der Waals surface area contributed by atoms with Crippen LogP contribution in [-0.4, -0.2) is 21.4 Å². The quantitative estimate of drug-likeness (QED) is 0.743. The van der Waals surface area contributed by atoms with Crippen molar-refractivity contribution in [3.63, 3.8) is 0 Å². The van der Waals surface area contributed by atoms with Crippen molar-refractivity contribution in [2.75, 3.05) is 6.61 Å². The lowest BCUT2D eigenvalue weighted by Crippen LogP contribution is -1.96. The van der Waals surface area contributed by atoms with Gasteiger partial charge in [-0.15, -0.1) is 10.2 Å². The van der Waals surface area contributed by atoms with Crippen LogP contribution in [0.1, 0.15) is 19.8 Å². The monoisotopic (exact) mass is 231 g/mol. The zero-order valence-electron chi connectivity index (χ0n) is 10.3. The van der Waals surface area contributed by atoms with Crippen molar-refractivity contribution in [1.82, 2.24) is 14.8 Å². The predicted molar refractivity (Wildman–Crippen MR) is 66.8 cm³/mol. The van der Waals surface area contributed by atoms with E-state index in [0.29, 0.717) is 0 Å². The van der Waals surface area contributed by atoms with Crippen LogP contribution in [0.2, 0.25) is 0 Å². The number of benzene rings is 1. The Morgan fingerprint density at radius 2 is 2.00 bits per heavy atom. The Bertz CT molecular complexity index is 462. The maximum atomic E-state index is 5.61. The maximum absolute atomic E-state index is 5.61. The molecule has 0 radical (unpaired) electrons. The number of aryl methyl sites for hydroxylation is 1. The van der Waals surface area contributed by atoms with E-state index >= 15 is 0 Å². The Kier molecular flexibility index (Phi) is 3.75. The third-order valence-corrected chi connectivity index (χ3v) is 2.59. The van der Waals surface area contributed by atoms with Crippen LogP contribution in [0, 0.1) is 0 Å². The van der Waals surface area contributed by atoms with Gasteiger partial charge in [-0.25, -0.2) is 0 Å². The van der Waals surface area contributed by atoms with E-state index in [-0.39, 0.29) is 0 Å². The molecule has 0 amide bonds. The van der Waals surface area contributed by atoms with Crippen LogP contribution < -0.4 is 4.74 Å². The molecule has 1 heterocycles. The molecular formula is C13H17N3O. The van der Waals surface area contributed by atoms with Crippen molar-refractivity contribution in [3.05, 3.63) is 30.6 Å². The summed E-state index contributed by atoms with van der Waals surface area (Å²) in [5, 5.41) is 7.93. The minimum absolute atomic E-state index is 0.778. The molecule has 0 atom stereocenters. The minimum Gasteiger partial charge on any atom is -0.494 e. The van der Waals surface area contributed by atoms with Gasteiger partial charge in [-0.3, -0.25) is 0 Å². The second-order valence-electron chi connectivity index (χ2n) is 3.99. The van der Waals surface area contributed by atoms with Gasteiger partial charge in [0.1, 0.15) is 12.1 Å². The molecule has 90 valence electrons. The molecule has 0 saturated heterocycles. The van der Waals surface area contributed by atoms with E-state index in [9.17, 15) is 0 Å². The Morgan fingerprint density at radius 1 is 1.24 bits per heavy atom. The second kappa shape index (κ2) is 5.48. The lowest BCUT2D eigenvalue weighted by Gasteiger charge is -2.06. The summed E-state index contributed by atoms with van der Waals surface area (Å²) in [5.41, 5.74) is 1.05. The number of ether oxygens (including phenoxy) is 1. The summed E-state index contributed by atoms with van der Waals surface area (Å²) in [5.74, 6) is 1.77. The molecule has 2 aromatic rings. The van der Waals surface area contributed by atoms with Gasteiger partial charge in [-0.2, -0.15) is 0 Å². The number of aromatic nitrogens is 3. The van der Waals surface area contributed by atoms with E-state index in [1.54, 1.807) is 6.33 Å². The highest BCUT2D eigenvalue weighted by molar-refractivity contribution is 5.56. The van der Waals surface area contributed by atoms with Gasteiger partial charge in [-0.05, 0) is 30.7 Å². The standard InChI is InChI=1S/C13H17N3O/c1-3-4-9-17-12-7-5-11(6-8-12)13-15-14-10-16(13)2/h5-8,10H,3-4,9H2,1-2H3. The van der Waals surface area contributed by atoms with E-state index in [1.807, 2.05) is 35.9 Å².